The maximum Gasteiger partial charge on any atom is 0.0702 e. The molecule has 5 heteroatoms. The maximum atomic E-state index is 5.97. The van der Waals surface area contributed by atoms with Crippen LogP contribution in [0.1, 0.15) is 37.8 Å². The smallest absolute Gasteiger partial charge is 0.0702 e. The highest BCUT2D eigenvalue weighted by Gasteiger charge is 2.27. The minimum atomic E-state index is 0.265. The molecule has 2 unspecified atom stereocenters. The molecule has 1 aromatic heterocycles. The van der Waals surface area contributed by atoms with Crippen molar-refractivity contribution in [3.8, 4) is 0 Å². The van der Waals surface area contributed by atoms with Crippen molar-refractivity contribution in [3.05, 3.63) is 18.0 Å². The molecule has 1 aliphatic heterocycles. The van der Waals surface area contributed by atoms with Crippen LogP contribution in [0, 0.1) is 0 Å². The molecule has 2 heterocycles. The number of piperidine rings is 1. The van der Waals surface area contributed by atoms with Crippen molar-refractivity contribution in [2.75, 3.05) is 26.2 Å². The van der Waals surface area contributed by atoms with Gasteiger partial charge in [0.05, 0.1) is 18.3 Å². The van der Waals surface area contributed by atoms with Crippen molar-refractivity contribution in [1.29, 1.82) is 0 Å². The molecule has 1 aliphatic rings. The first kappa shape index (κ1) is 14.5. The number of ether oxygens (including phenoxy) is 1. The van der Waals surface area contributed by atoms with Crippen molar-refractivity contribution in [3.63, 3.8) is 0 Å². The van der Waals surface area contributed by atoms with Gasteiger partial charge >= 0.3 is 0 Å². The van der Waals surface area contributed by atoms with E-state index in [-0.39, 0.29) is 6.04 Å². The zero-order valence-corrected chi connectivity index (χ0v) is 12.1. The molecule has 1 aromatic rings. The topological polar surface area (TPSA) is 56.3 Å². The van der Waals surface area contributed by atoms with E-state index >= 15 is 0 Å². The molecule has 5 nitrogen and oxygen atoms in total. The second kappa shape index (κ2) is 7.03. The van der Waals surface area contributed by atoms with E-state index in [1.165, 1.54) is 18.4 Å². The van der Waals surface area contributed by atoms with Crippen LogP contribution in [0.2, 0.25) is 0 Å². The molecule has 108 valence electrons. The number of rotatable bonds is 6. The Morgan fingerprint density at radius 2 is 2.42 bits per heavy atom. The first-order valence-electron chi connectivity index (χ1n) is 7.28. The van der Waals surface area contributed by atoms with E-state index in [1.807, 2.05) is 17.9 Å². The van der Waals surface area contributed by atoms with Crippen molar-refractivity contribution >= 4 is 0 Å². The van der Waals surface area contributed by atoms with Gasteiger partial charge in [-0.15, -0.1) is 0 Å². The van der Waals surface area contributed by atoms with Crippen LogP contribution in [0.5, 0.6) is 0 Å². The lowest BCUT2D eigenvalue weighted by Crippen LogP contribution is -2.44. The first-order valence-corrected chi connectivity index (χ1v) is 7.28. The number of hydrogen-bond acceptors (Lipinski definition) is 4. The van der Waals surface area contributed by atoms with E-state index in [2.05, 4.69) is 23.1 Å². The largest absolute Gasteiger partial charge is 0.377 e. The molecule has 0 spiro atoms. The van der Waals surface area contributed by atoms with Gasteiger partial charge in [-0.2, -0.15) is 5.10 Å². The summed E-state index contributed by atoms with van der Waals surface area (Å²) in [6.45, 7) is 5.73. The van der Waals surface area contributed by atoms with Gasteiger partial charge in [-0.25, -0.2) is 0 Å². The quantitative estimate of drug-likeness (QED) is 0.843. The van der Waals surface area contributed by atoms with Crippen molar-refractivity contribution < 1.29 is 4.74 Å². The summed E-state index contributed by atoms with van der Waals surface area (Å²) >= 11 is 0. The molecule has 1 saturated heterocycles. The highest BCUT2D eigenvalue weighted by molar-refractivity contribution is 5.11. The van der Waals surface area contributed by atoms with Crippen LogP contribution < -0.4 is 5.73 Å². The minimum Gasteiger partial charge on any atom is -0.377 e. The lowest BCUT2D eigenvalue weighted by Gasteiger charge is -2.37. The van der Waals surface area contributed by atoms with Crippen LogP contribution in [-0.4, -0.2) is 47.0 Å². The van der Waals surface area contributed by atoms with Gasteiger partial charge in [0, 0.05) is 38.5 Å². The minimum absolute atomic E-state index is 0.265. The summed E-state index contributed by atoms with van der Waals surface area (Å²) in [6.07, 6.45) is 7.78. The molecule has 0 saturated carbocycles. The normalized spacial score (nSPS) is 22.6. The highest BCUT2D eigenvalue weighted by Crippen LogP contribution is 2.24. The third-order valence-corrected chi connectivity index (χ3v) is 3.74. The summed E-state index contributed by atoms with van der Waals surface area (Å²) in [5.74, 6) is 0. The zero-order valence-electron chi connectivity index (χ0n) is 12.1. The van der Waals surface area contributed by atoms with Gasteiger partial charge in [-0.1, -0.05) is 6.92 Å². The van der Waals surface area contributed by atoms with Crippen LogP contribution >= 0.6 is 0 Å². The van der Waals surface area contributed by atoms with Crippen LogP contribution in [0.25, 0.3) is 0 Å². The summed E-state index contributed by atoms with van der Waals surface area (Å²) in [5, 5.41) is 4.25. The molecule has 1 fully saturated rings. The number of nitrogens with two attached hydrogens (primary N) is 1. The Morgan fingerprint density at radius 1 is 1.58 bits per heavy atom. The Bertz CT molecular complexity index is 379. The van der Waals surface area contributed by atoms with Gasteiger partial charge in [0.1, 0.15) is 0 Å². The number of hydrogen-bond donors (Lipinski definition) is 1. The van der Waals surface area contributed by atoms with Crippen molar-refractivity contribution in [1.82, 2.24) is 14.7 Å². The Balaban J connectivity index is 1.98. The Kier molecular flexibility index (Phi) is 5.36. The number of likely N-dealkylation sites (tertiary alicyclic amines) is 1. The number of aromatic nitrogens is 2. The predicted molar refractivity (Wildman–Crippen MR) is 75.8 cm³/mol. The average molecular weight is 266 g/mol. The lowest BCUT2D eigenvalue weighted by molar-refractivity contribution is -0.0118. The third-order valence-electron chi connectivity index (χ3n) is 3.74. The molecule has 2 rings (SSSR count). The molecular weight excluding hydrogens is 240 g/mol. The van der Waals surface area contributed by atoms with Crippen LogP contribution in [-0.2, 0) is 11.8 Å². The summed E-state index contributed by atoms with van der Waals surface area (Å²) in [5.41, 5.74) is 7.18. The second-order valence-electron chi connectivity index (χ2n) is 5.33. The standard InChI is InChI=1S/C14H26N4O/c1-3-7-19-13-5-4-6-18(11-13)14(8-15)12-9-16-17(2)10-12/h9-10,13-14H,3-8,11,15H2,1-2H3. The van der Waals surface area contributed by atoms with Crippen LogP contribution in [0.4, 0.5) is 0 Å². The average Bonchev–Trinajstić information content (AvgIpc) is 2.84. The Morgan fingerprint density at radius 3 is 3.05 bits per heavy atom. The third kappa shape index (κ3) is 3.78. The van der Waals surface area contributed by atoms with Crippen LogP contribution in [0.3, 0.4) is 0 Å². The van der Waals surface area contributed by atoms with E-state index in [4.69, 9.17) is 10.5 Å². The Hall–Kier alpha value is -0.910. The van der Waals surface area contributed by atoms with E-state index < -0.39 is 0 Å². The monoisotopic (exact) mass is 266 g/mol. The molecular formula is C14H26N4O. The maximum absolute atomic E-state index is 5.97. The summed E-state index contributed by atoms with van der Waals surface area (Å²) in [4.78, 5) is 2.45. The fourth-order valence-corrected chi connectivity index (χ4v) is 2.78. The first-order chi connectivity index (χ1) is 9.24. The van der Waals surface area contributed by atoms with Crippen molar-refractivity contribution in [2.45, 2.75) is 38.3 Å². The van der Waals surface area contributed by atoms with Crippen molar-refractivity contribution in [2.24, 2.45) is 12.8 Å². The van der Waals surface area contributed by atoms with E-state index in [0.717, 1.165) is 26.1 Å². The zero-order chi connectivity index (χ0) is 13.7. The molecule has 19 heavy (non-hydrogen) atoms. The Labute approximate surface area is 115 Å². The fraction of sp³-hybridized carbons (Fsp3) is 0.786. The molecule has 0 aromatic carbocycles. The molecule has 0 bridgehead atoms. The van der Waals surface area contributed by atoms with Gasteiger partial charge in [-0.3, -0.25) is 9.58 Å². The van der Waals surface area contributed by atoms with E-state index in [0.29, 0.717) is 12.6 Å². The summed E-state index contributed by atoms with van der Waals surface area (Å²) in [7, 11) is 1.94. The van der Waals surface area contributed by atoms with E-state index in [9.17, 15) is 0 Å². The van der Waals surface area contributed by atoms with E-state index in [1.54, 1.807) is 0 Å². The summed E-state index contributed by atoms with van der Waals surface area (Å²) in [6, 6.07) is 0.265. The molecule has 0 radical (unpaired) electrons. The predicted octanol–water partition coefficient (Wildman–Crippen LogP) is 1.31. The summed E-state index contributed by atoms with van der Waals surface area (Å²) < 4.78 is 7.74. The van der Waals surface area contributed by atoms with Crippen LogP contribution in [0.15, 0.2) is 12.4 Å². The fourth-order valence-electron chi connectivity index (χ4n) is 2.78. The molecule has 2 atom stereocenters. The van der Waals surface area contributed by atoms with Gasteiger partial charge in [0.15, 0.2) is 0 Å². The highest BCUT2D eigenvalue weighted by atomic mass is 16.5. The van der Waals surface area contributed by atoms with Gasteiger partial charge in [0.25, 0.3) is 0 Å². The number of nitrogens with zero attached hydrogens (tertiary/aromatic N) is 3. The van der Waals surface area contributed by atoms with Gasteiger partial charge in [0.2, 0.25) is 0 Å². The van der Waals surface area contributed by atoms with Gasteiger partial charge in [-0.05, 0) is 25.8 Å². The van der Waals surface area contributed by atoms with Gasteiger partial charge < -0.3 is 10.5 Å². The lowest BCUT2D eigenvalue weighted by atomic mass is 10.0. The molecule has 0 aliphatic carbocycles. The number of aryl methyl sites for hydroxylation is 1. The molecule has 0 amide bonds. The SMILES string of the molecule is CCCOC1CCCN(C(CN)c2cnn(C)c2)C1. The molecule has 2 N–H and O–H groups in total. The second-order valence-corrected chi connectivity index (χ2v) is 5.33.